The van der Waals surface area contributed by atoms with E-state index in [1.165, 1.54) is 0 Å². The minimum atomic E-state index is -4.59. The standard InChI is InChI=1S/C6H10NO8P.2Na.2H/c8-4(2-16(13,14)15)7-3(6(11)12)1-5(9)10;;;;/h3H,1-2H2,(H,7,8)(H,9,10)(H,11,12)(H2,13,14,15);;;;/t3-;;;;/m0..../s1. The first-order chi connectivity index (χ1) is 7.11. The summed E-state index contributed by atoms with van der Waals surface area (Å²) in [6.07, 6.45) is -2.06. The Labute approximate surface area is 146 Å². The van der Waals surface area contributed by atoms with Crippen molar-refractivity contribution >= 4 is 84.6 Å². The Morgan fingerprint density at radius 2 is 1.56 bits per heavy atom. The van der Waals surface area contributed by atoms with Gasteiger partial charge in [0, 0.05) is 0 Å². The number of nitrogens with one attached hydrogen (secondary N) is 1. The van der Waals surface area contributed by atoms with Crippen molar-refractivity contribution < 1.29 is 38.9 Å². The number of carboxylic acids is 2. The fourth-order valence-electron chi connectivity index (χ4n) is 0.802. The van der Waals surface area contributed by atoms with Gasteiger partial charge in [-0.25, -0.2) is 4.79 Å². The Morgan fingerprint density at radius 1 is 1.11 bits per heavy atom. The molecule has 0 aliphatic heterocycles. The van der Waals surface area contributed by atoms with Crippen molar-refractivity contribution in [3.63, 3.8) is 0 Å². The van der Waals surface area contributed by atoms with Crippen LogP contribution >= 0.6 is 7.60 Å². The van der Waals surface area contributed by atoms with Gasteiger partial charge in [0.2, 0.25) is 5.91 Å². The van der Waals surface area contributed by atoms with Crippen molar-refractivity contribution in [3.05, 3.63) is 0 Å². The average Bonchev–Trinajstić information content (AvgIpc) is 1.97. The second kappa shape index (κ2) is 10.4. The maximum absolute atomic E-state index is 10.9. The van der Waals surface area contributed by atoms with E-state index >= 15 is 0 Å². The number of hydrogen-bond acceptors (Lipinski definition) is 4. The van der Waals surface area contributed by atoms with E-state index in [2.05, 4.69) is 0 Å². The van der Waals surface area contributed by atoms with Gasteiger partial charge >= 0.3 is 78.6 Å². The normalized spacial score (nSPS) is 11.4. The molecule has 1 atom stereocenters. The molecule has 0 aliphatic carbocycles. The van der Waals surface area contributed by atoms with Crippen LogP contribution in [0, 0.1) is 0 Å². The second-order valence-electron chi connectivity index (χ2n) is 2.88. The first-order valence-corrected chi connectivity index (χ1v) is 5.70. The van der Waals surface area contributed by atoms with Crippen LogP contribution in [0.3, 0.4) is 0 Å². The summed E-state index contributed by atoms with van der Waals surface area (Å²) in [6.45, 7) is 0. The molecule has 0 aromatic carbocycles. The zero-order chi connectivity index (χ0) is 12.9. The molecule has 0 saturated heterocycles. The molecule has 0 fully saturated rings. The van der Waals surface area contributed by atoms with Gasteiger partial charge in [-0.3, -0.25) is 14.2 Å². The zero-order valence-electron chi connectivity index (χ0n) is 7.86. The van der Waals surface area contributed by atoms with E-state index in [-0.39, 0.29) is 59.1 Å². The number of carbonyl (C=O) groups excluding carboxylic acids is 1. The zero-order valence-corrected chi connectivity index (χ0v) is 8.76. The Bertz CT molecular complexity index is 355. The number of carbonyl (C=O) groups is 3. The van der Waals surface area contributed by atoms with E-state index in [1.54, 1.807) is 5.32 Å². The molecule has 12 heteroatoms. The molecule has 18 heavy (non-hydrogen) atoms. The fraction of sp³-hybridized carbons (Fsp3) is 0.500. The number of aliphatic carboxylic acids is 2. The first-order valence-electron chi connectivity index (χ1n) is 3.90. The van der Waals surface area contributed by atoms with Gasteiger partial charge in [0.1, 0.15) is 12.2 Å². The monoisotopic (exact) mass is 303 g/mol. The molecule has 0 radical (unpaired) electrons. The predicted octanol–water partition coefficient (Wildman–Crippen LogP) is -3.09. The summed E-state index contributed by atoms with van der Waals surface area (Å²) in [5.74, 6) is -4.27. The summed E-state index contributed by atoms with van der Waals surface area (Å²) in [5, 5.41) is 18.5. The van der Waals surface area contributed by atoms with Crippen LogP contribution in [0.2, 0.25) is 0 Å². The topological polar surface area (TPSA) is 161 Å². The molecular formula is C6H12NNa2O8P. The van der Waals surface area contributed by atoms with Gasteiger partial charge in [0.25, 0.3) is 0 Å². The van der Waals surface area contributed by atoms with Gasteiger partial charge in [0.05, 0.1) is 6.42 Å². The number of rotatable bonds is 6. The van der Waals surface area contributed by atoms with E-state index < -0.39 is 44.1 Å². The van der Waals surface area contributed by atoms with Gasteiger partial charge in [0.15, 0.2) is 0 Å². The van der Waals surface area contributed by atoms with Gasteiger partial charge in [-0.05, 0) is 0 Å². The molecule has 0 spiro atoms. The molecule has 1 amide bonds. The Kier molecular flexibility index (Phi) is 13.6. The molecule has 0 rings (SSSR count). The van der Waals surface area contributed by atoms with Gasteiger partial charge < -0.3 is 25.3 Å². The summed E-state index contributed by atoms with van der Waals surface area (Å²) in [4.78, 5) is 48.4. The summed E-state index contributed by atoms with van der Waals surface area (Å²) >= 11 is 0. The molecular weight excluding hydrogens is 291 g/mol. The molecule has 0 heterocycles. The molecule has 5 N–H and O–H groups in total. The fourth-order valence-corrected chi connectivity index (χ4v) is 1.27. The predicted molar refractivity (Wildman–Crippen MR) is 63.0 cm³/mol. The first kappa shape index (κ1) is 23.6. The molecule has 0 unspecified atom stereocenters. The average molecular weight is 303 g/mol. The van der Waals surface area contributed by atoms with Crippen molar-refractivity contribution in [2.75, 3.05) is 6.16 Å². The van der Waals surface area contributed by atoms with E-state index in [9.17, 15) is 18.9 Å². The van der Waals surface area contributed by atoms with Gasteiger partial charge in [-0.2, -0.15) is 0 Å². The van der Waals surface area contributed by atoms with Crippen molar-refractivity contribution in [1.29, 1.82) is 0 Å². The summed E-state index contributed by atoms with van der Waals surface area (Å²) in [5.41, 5.74) is 0. The summed E-state index contributed by atoms with van der Waals surface area (Å²) in [7, 11) is -4.59. The summed E-state index contributed by atoms with van der Waals surface area (Å²) in [6, 6.07) is -1.71. The molecule has 0 aliphatic rings. The van der Waals surface area contributed by atoms with E-state index in [1.807, 2.05) is 0 Å². The van der Waals surface area contributed by atoms with Crippen molar-refractivity contribution in [3.8, 4) is 0 Å². The maximum atomic E-state index is 10.9. The van der Waals surface area contributed by atoms with E-state index in [4.69, 9.17) is 20.0 Å². The minimum absolute atomic E-state index is 0. The van der Waals surface area contributed by atoms with E-state index in [0.29, 0.717) is 0 Å². The third kappa shape index (κ3) is 13.0. The summed E-state index contributed by atoms with van der Waals surface area (Å²) < 4.78 is 10.4. The second-order valence-corrected chi connectivity index (χ2v) is 4.52. The van der Waals surface area contributed by atoms with Gasteiger partial charge in [-0.1, -0.05) is 0 Å². The van der Waals surface area contributed by atoms with Gasteiger partial charge in [-0.15, -0.1) is 0 Å². The van der Waals surface area contributed by atoms with Crippen LogP contribution in [-0.2, 0) is 18.9 Å². The Morgan fingerprint density at radius 3 is 1.83 bits per heavy atom. The SMILES string of the molecule is O=C(O)C[C@H](NC(=O)CP(=O)(O)O)C(=O)O.[NaH].[NaH]. The molecule has 0 aromatic rings. The third-order valence-corrected chi connectivity index (χ3v) is 2.06. The quantitative estimate of drug-likeness (QED) is 0.255. The van der Waals surface area contributed by atoms with Crippen LogP contribution in [0.25, 0.3) is 0 Å². The number of carboxylic acid groups (broad SMARTS) is 2. The number of hydrogen-bond donors (Lipinski definition) is 5. The third-order valence-electron chi connectivity index (χ3n) is 1.36. The van der Waals surface area contributed by atoms with Crippen molar-refractivity contribution in [2.24, 2.45) is 0 Å². The molecule has 0 bridgehead atoms. The van der Waals surface area contributed by atoms with Crippen molar-refractivity contribution in [2.45, 2.75) is 12.5 Å². The molecule has 0 aromatic heterocycles. The Balaban J connectivity index is -0.00000112. The van der Waals surface area contributed by atoms with Crippen LogP contribution in [0.1, 0.15) is 6.42 Å². The van der Waals surface area contributed by atoms with E-state index in [0.717, 1.165) is 0 Å². The van der Waals surface area contributed by atoms with Crippen LogP contribution < -0.4 is 5.32 Å². The molecule has 96 valence electrons. The van der Waals surface area contributed by atoms with Crippen LogP contribution in [0.5, 0.6) is 0 Å². The van der Waals surface area contributed by atoms with Crippen LogP contribution in [0.4, 0.5) is 0 Å². The Hall–Kier alpha value is 0.560. The van der Waals surface area contributed by atoms with Crippen LogP contribution in [-0.4, -0.2) is 109 Å². The van der Waals surface area contributed by atoms with Crippen molar-refractivity contribution in [1.82, 2.24) is 5.32 Å². The number of amides is 1. The van der Waals surface area contributed by atoms with Crippen LogP contribution in [0.15, 0.2) is 0 Å². The molecule has 0 saturated carbocycles. The molecule has 9 nitrogen and oxygen atoms in total.